The van der Waals surface area contributed by atoms with Crippen molar-refractivity contribution >= 4 is 11.8 Å². The van der Waals surface area contributed by atoms with Gasteiger partial charge in [0.05, 0.1) is 7.11 Å². The standard InChI is InChI=1S/C26H36N2O4/c1-18(2)15-27-26(30)20(5)28(16-21-8-7-9-24(14-21)31-6)25(29)17-32-23-12-10-22(11-13-23)19(3)4/h7-14,18-20H,15-17H2,1-6H3,(H,27,30). The van der Waals surface area contributed by atoms with Gasteiger partial charge in [-0.15, -0.1) is 0 Å². The van der Waals surface area contributed by atoms with Crippen molar-refractivity contribution in [3.63, 3.8) is 0 Å². The Labute approximate surface area is 191 Å². The fourth-order valence-electron chi connectivity index (χ4n) is 3.18. The van der Waals surface area contributed by atoms with Gasteiger partial charge in [-0.3, -0.25) is 9.59 Å². The molecule has 0 aliphatic heterocycles. The number of methoxy groups -OCH3 is 1. The molecular weight excluding hydrogens is 404 g/mol. The van der Waals surface area contributed by atoms with E-state index in [1.54, 1.807) is 18.9 Å². The summed E-state index contributed by atoms with van der Waals surface area (Å²) in [4.78, 5) is 27.4. The van der Waals surface area contributed by atoms with Crippen LogP contribution in [-0.4, -0.2) is 43.0 Å². The number of benzene rings is 2. The maximum absolute atomic E-state index is 13.1. The first-order valence-corrected chi connectivity index (χ1v) is 11.1. The molecular formula is C26H36N2O4. The average Bonchev–Trinajstić information content (AvgIpc) is 2.79. The monoisotopic (exact) mass is 440 g/mol. The van der Waals surface area contributed by atoms with Gasteiger partial charge in [-0.25, -0.2) is 0 Å². The van der Waals surface area contributed by atoms with E-state index in [1.165, 1.54) is 5.56 Å². The fraction of sp³-hybridized carbons (Fsp3) is 0.462. The maximum atomic E-state index is 13.1. The maximum Gasteiger partial charge on any atom is 0.261 e. The third kappa shape index (κ3) is 7.59. The molecule has 0 aliphatic rings. The summed E-state index contributed by atoms with van der Waals surface area (Å²) >= 11 is 0. The number of carbonyl (C=O) groups is 2. The molecule has 2 aromatic rings. The predicted molar refractivity (Wildman–Crippen MR) is 127 cm³/mol. The first kappa shape index (κ1) is 25.2. The molecule has 0 aliphatic carbocycles. The van der Waals surface area contributed by atoms with Crippen LogP contribution in [0.1, 0.15) is 51.7 Å². The first-order chi connectivity index (χ1) is 15.2. The van der Waals surface area contributed by atoms with Crippen molar-refractivity contribution in [2.75, 3.05) is 20.3 Å². The summed E-state index contributed by atoms with van der Waals surface area (Å²) in [6, 6.07) is 14.6. The van der Waals surface area contributed by atoms with Gasteiger partial charge in [0.25, 0.3) is 5.91 Å². The largest absolute Gasteiger partial charge is 0.497 e. The molecule has 0 fully saturated rings. The molecule has 174 valence electrons. The molecule has 0 saturated carbocycles. The van der Waals surface area contributed by atoms with Crippen LogP contribution in [0.3, 0.4) is 0 Å². The van der Waals surface area contributed by atoms with Crippen LogP contribution < -0.4 is 14.8 Å². The minimum absolute atomic E-state index is 0.146. The Morgan fingerprint density at radius 3 is 2.25 bits per heavy atom. The van der Waals surface area contributed by atoms with E-state index in [0.29, 0.717) is 29.9 Å². The second kappa shape index (κ2) is 12.1. The number of ether oxygens (including phenoxy) is 2. The lowest BCUT2D eigenvalue weighted by atomic mass is 10.0. The molecule has 0 heterocycles. The van der Waals surface area contributed by atoms with Crippen LogP contribution in [0.25, 0.3) is 0 Å². The third-order valence-corrected chi connectivity index (χ3v) is 5.25. The van der Waals surface area contributed by atoms with Crippen LogP contribution in [0.15, 0.2) is 48.5 Å². The van der Waals surface area contributed by atoms with Crippen LogP contribution in [0.5, 0.6) is 11.5 Å². The highest BCUT2D eigenvalue weighted by Gasteiger charge is 2.26. The molecule has 32 heavy (non-hydrogen) atoms. The number of rotatable bonds is 11. The van der Waals surface area contributed by atoms with Gasteiger partial charge in [0.1, 0.15) is 17.5 Å². The van der Waals surface area contributed by atoms with Crippen LogP contribution in [0.4, 0.5) is 0 Å². The lowest BCUT2D eigenvalue weighted by Gasteiger charge is -2.29. The quantitative estimate of drug-likeness (QED) is 0.563. The minimum Gasteiger partial charge on any atom is -0.497 e. The molecule has 1 atom stereocenters. The number of carbonyl (C=O) groups excluding carboxylic acids is 2. The van der Waals surface area contributed by atoms with Crippen molar-refractivity contribution in [2.24, 2.45) is 5.92 Å². The van der Waals surface area contributed by atoms with Gasteiger partial charge in [-0.1, -0.05) is 52.0 Å². The molecule has 0 radical (unpaired) electrons. The lowest BCUT2D eigenvalue weighted by molar-refractivity contribution is -0.142. The van der Waals surface area contributed by atoms with E-state index in [2.05, 4.69) is 19.2 Å². The Morgan fingerprint density at radius 1 is 0.969 bits per heavy atom. The van der Waals surface area contributed by atoms with Gasteiger partial charge in [0.2, 0.25) is 5.91 Å². The van der Waals surface area contributed by atoms with Crippen molar-refractivity contribution in [1.82, 2.24) is 10.2 Å². The zero-order chi connectivity index (χ0) is 23.7. The van der Waals surface area contributed by atoms with Crippen molar-refractivity contribution in [3.8, 4) is 11.5 Å². The molecule has 6 heteroatoms. The van der Waals surface area contributed by atoms with Crippen LogP contribution in [-0.2, 0) is 16.1 Å². The molecule has 6 nitrogen and oxygen atoms in total. The summed E-state index contributed by atoms with van der Waals surface area (Å²) in [5.41, 5.74) is 2.08. The number of amides is 2. The second-order valence-electron chi connectivity index (χ2n) is 8.70. The normalized spacial score (nSPS) is 11.9. The summed E-state index contributed by atoms with van der Waals surface area (Å²) in [7, 11) is 1.60. The van der Waals surface area contributed by atoms with Crippen molar-refractivity contribution in [1.29, 1.82) is 0 Å². The van der Waals surface area contributed by atoms with Gasteiger partial charge in [-0.05, 0) is 54.2 Å². The van der Waals surface area contributed by atoms with Crippen molar-refractivity contribution < 1.29 is 19.1 Å². The van der Waals surface area contributed by atoms with Crippen LogP contribution in [0, 0.1) is 5.92 Å². The zero-order valence-electron chi connectivity index (χ0n) is 20.1. The van der Waals surface area contributed by atoms with E-state index < -0.39 is 6.04 Å². The summed E-state index contributed by atoms with van der Waals surface area (Å²) in [6.45, 7) is 10.7. The zero-order valence-corrected chi connectivity index (χ0v) is 20.1. The fourth-order valence-corrected chi connectivity index (χ4v) is 3.18. The van der Waals surface area contributed by atoms with Crippen molar-refractivity contribution in [2.45, 2.75) is 53.1 Å². The van der Waals surface area contributed by atoms with E-state index in [0.717, 1.165) is 5.56 Å². The molecule has 1 N–H and O–H groups in total. The lowest BCUT2D eigenvalue weighted by Crippen LogP contribution is -2.49. The topological polar surface area (TPSA) is 67.9 Å². The second-order valence-corrected chi connectivity index (χ2v) is 8.70. The summed E-state index contributed by atoms with van der Waals surface area (Å²) < 4.78 is 11.0. The summed E-state index contributed by atoms with van der Waals surface area (Å²) in [5.74, 6) is 1.64. The number of hydrogen-bond donors (Lipinski definition) is 1. The smallest absolute Gasteiger partial charge is 0.261 e. The number of hydrogen-bond acceptors (Lipinski definition) is 4. The van der Waals surface area contributed by atoms with Gasteiger partial charge < -0.3 is 19.7 Å². The molecule has 0 bridgehead atoms. The minimum atomic E-state index is -0.639. The molecule has 0 saturated heterocycles. The average molecular weight is 441 g/mol. The molecule has 0 aromatic heterocycles. The molecule has 2 amide bonds. The molecule has 0 spiro atoms. The van der Waals surface area contributed by atoms with Crippen molar-refractivity contribution in [3.05, 3.63) is 59.7 Å². The molecule has 2 aromatic carbocycles. The molecule has 2 rings (SSSR count). The van der Waals surface area contributed by atoms with Crippen LogP contribution >= 0.6 is 0 Å². The first-order valence-electron chi connectivity index (χ1n) is 11.1. The Morgan fingerprint density at radius 2 is 1.66 bits per heavy atom. The number of nitrogens with zero attached hydrogens (tertiary/aromatic N) is 1. The molecule has 1 unspecified atom stereocenters. The number of nitrogens with one attached hydrogen (secondary N) is 1. The van der Waals surface area contributed by atoms with E-state index >= 15 is 0 Å². The van der Waals surface area contributed by atoms with Gasteiger partial charge in [0.15, 0.2) is 6.61 Å². The predicted octanol–water partition coefficient (Wildman–Crippen LogP) is 4.39. The Balaban J connectivity index is 2.13. The summed E-state index contributed by atoms with van der Waals surface area (Å²) in [5, 5.41) is 2.92. The van der Waals surface area contributed by atoms with E-state index in [9.17, 15) is 9.59 Å². The highest BCUT2D eigenvalue weighted by atomic mass is 16.5. The van der Waals surface area contributed by atoms with E-state index in [1.807, 2.05) is 62.4 Å². The van der Waals surface area contributed by atoms with Gasteiger partial charge >= 0.3 is 0 Å². The Hall–Kier alpha value is -3.02. The highest BCUT2D eigenvalue weighted by molar-refractivity contribution is 5.88. The van der Waals surface area contributed by atoms with Gasteiger partial charge in [-0.2, -0.15) is 0 Å². The van der Waals surface area contributed by atoms with E-state index in [4.69, 9.17) is 9.47 Å². The third-order valence-electron chi connectivity index (χ3n) is 5.25. The van der Waals surface area contributed by atoms with Crippen LogP contribution in [0.2, 0.25) is 0 Å². The summed E-state index contributed by atoms with van der Waals surface area (Å²) in [6.07, 6.45) is 0. The van der Waals surface area contributed by atoms with Gasteiger partial charge in [0, 0.05) is 13.1 Å². The Bertz CT molecular complexity index is 878. The Kier molecular flexibility index (Phi) is 9.57. The van der Waals surface area contributed by atoms with E-state index in [-0.39, 0.29) is 25.0 Å². The highest BCUT2D eigenvalue weighted by Crippen LogP contribution is 2.20. The SMILES string of the molecule is COc1cccc(CN(C(=O)COc2ccc(C(C)C)cc2)C(C)C(=O)NCC(C)C)c1.